The summed E-state index contributed by atoms with van der Waals surface area (Å²) in [6.45, 7) is 4.43. The van der Waals surface area contributed by atoms with E-state index in [4.69, 9.17) is 4.74 Å². The molecule has 0 fully saturated rings. The Morgan fingerprint density at radius 3 is 2.32 bits per heavy atom. The Hall–Kier alpha value is -3.51. The number of anilines is 2. The minimum atomic E-state index is -0.380. The minimum absolute atomic E-state index is 0.276. The first kappa shape index (κ1) is 20.8. The highest BCUT2D eigenvalue weighted by atomic mass is 32.2. The molecule has 31 heavy (non-hydrogen) atoms. The number of amides is 2. The monoisotopic (exact) mass is 430 g/mol. The minimum Gasteiger partial charge on any atom is -0.494 e. The number of carbonyl (C=O) groups excluding carboxylic acids is 2. The lowest BCUT2D eigenvalue weighted by molar-refractivity contribution is -0.120. The van der Waals surface area contributed by atoms with Gasteiger partial charge in [-0.2, -0.15) is 0 Å². The zero-order chi connectivity index (χ0) is 21.8. The summed E-state index contributed by atoms with van der Waals surface area (Å²) in [6, 6.07) is 24.2. The first-order chi connectivity index (χ1) is 15.1. The maximum Gasteiger partial charge on any atom is 0.283 e. The average Bonchev–Trinajstić information content (AvgIpc) is 2.99. The molecular weight excluding hydrogens is 408 g/mol. The number of rotatable bonds is 7. The molecule has 1 N–H and O–H groups in total. The summed E-state index contributed by atoms with van der Waals surface area (Å²) < 4.78 is 5.47. The number of benzene rings is 3. The smallest absolute Gasteiger partial charge is 0.283 e. The number of aryl methyl sites for hydroxylation is 1. The van der Waals surface area contributed by atoms with Gasteiger partial charge in [0.15, 0.2) is 0 Å². The Balaban J connectivity index is 1.70. The molecule has 5 nitrogen and oxygen atoms in total. The standard InChI is InChI=1S/C25H22N2O3S/c1-3-30-20-14-12-19(13-15-20)27-24(28)22(26-18-9-7-8-17(2)16-18)23(25(27)29)31-21-10-5-4-6-11-21/h4-16,26H,3H2,1-2H3. The highest BCUT2D eigenvalue weighted by molar-refractivity contribution is 8.04. The fraction of sp³-hybridized carbons (Fsp3) is 0.120. The van der Waals surface area contributed by atoms with Crippen LogP contribution in [0.1, 0.15) is 12.5 Å². The van der Waals surface area contributed by atoms with Gasteiger partial charge in [0.2, 0.25) is 0 Å². The number of ether oxygens (including phenoxy) is 1. The Labute approximate surface area is 185 Å². The third-order valence-corrected chi connectivity index (χ3v) is 5.79. The van der Waals surface area contributed by atoms with E-state index in [-0.39, 0.29) is 17.5 Å². The highest BCUT2D eigenvalue weighted by Gasteiger charge is 2.40. The molecule has 3 aromatic rings. The molecule has 0 unspecified atom stereocenters. The van der Waals surface area contributed by atoms with Crippen molar-refractivity contribution in [2.75, 3.05) is 16.8 Å². The van der Waals surface area contributed by atoms with Crippen molar-refractivity contribution in [2.24, 2.45) is 0 Å². The fourth-order valence-electron chi connectivity index (χ4n) is 3.28. The summed E-state index contributed by atoms with van der Waals surface area (Å²) >= 11 is 1.28. The van der Waals surface area contributed by atoms with Crippen molar-refractivity contribution in [3.63, 3.8) is 0 Å². The van der Waals surface area contributed by atoms with Gasteiger partial charge in [0.1, 0.15) is 16.4 Å². The SMILES string of the molecule is CCOc1ccc(N2C(=O)C(Nc3cccc(C)c3)=C(Sc3ccccc3)C2=O)cc1. The van der Waals surface area contributed by atoms with Gasteiger partial charge < -0.3 is 10.1 Å². The number of carbonyl (C=O) groups is 2. The topological polar surface area (TPSA) is 58.6 Å². The van der Waals surface area contributed by atoms with E-state index in [0.717, 1.165) is 16.1 Å². The van der Waals surface area contributed by atoms with E-state index < -0.39 is 0 Å². The Morgan fingerprint density at radius 1 is 0.903 bits per heavy atom. The van der Waals surface area contributed by atoms with Gasteiger partial charge in [0.05, 0.1) is 12.3 Å². The van der Waals surface area contributed by atoms with Gasteiger partial charge in [-0.1, -0.05) is 42.1 Å². The zero-order valence-corrected chi connectivity index (χ0v) is 18.1. The van der Waals surface area contributed by atoms with Crippen LogP contribution >= 0.6 is 11.8 Å². The summed E-state index contributed by atoms with van der Waals surface area (Å²) in [4.78, 5) is 29.2. The van der Waals surface area contributed by atoms with Gasteiger partial charge >= 0.3 is 0 Å². The van der Waals surface area contributed by atoms with Gasteiger partial charge in [-0.05, 0) is 67.9 Å². The lowest BCUT2D eigenvalue weighted by atomic mass is 10.2. The summed E-state index contributed by atoms with van der Waals surface area (Å²) in [6.07, 6.45) is 0. The van der Waals surface area contributed by atoms with Crippen molar-refractivity contribution < 1.29 is 14.3 Å². The molecule has 0 aliphatic carbocycles. The van der Waals surface area contributed by atoms with Gasteiger partial charge in [-0.15, -0.1) is 0 Å². The van der Waals surface area contributed by atoms with Crippen molar-refractivity contribution in [3.8, 4) is 5.75 Å². The Morgan fingerprint density at radius 2 is 1.65 bits per heavy atom. The summed E-state index contributed by atoms with van der Waals surface area (Å²) in [5.74, 6) is -0.0393. The van der Waals surface area contributed by atoms with E-state index in [2.05, 4.69) is 5.32 Å². The van der Waals surface area contributed by atoms with Crippen LogP contribution in [0.3, 0.4) is 0 Å². The summed E-state index contributed by atoms with van der Waals surface area (Å²) in [7, 11) is 0. The molecule has 6 heteroatoms. The van der Waals surface area contributed by atoms with Crippen LogP contribution in [0.25, 0.3) is 0 Å². The normalized spacial score (nSPS) is 13.7. The van der Waals surface area contributed by atoms with Crippen LogP contribution in [0.15, 0.2) is 94.4 Å². The number of imide groups is 1. The van der Waals surface area contributed by atoms with Crippen LogP contribution in [-0.2, 0) is 9.59 Å². The zero-order valence-electron chi connectivity index (χ0n) is 17.3. The maximum absolute atomic E-state index is 13.4. The van der Waals surface area contributed by atoms with E-state index in [0.29, 0.717) is 22.9 Å². The van der Waals surface area contributed by atoms with Crippen LogP contribution in [0.5, 0.6) is 5.75 Å². The molecule has 4 rings (SSSR count). The Kier molecular flexibility index (Phi) is 6.09. The highest BCUT2D eigenvalue weighted by Crippen LogP contribution is 2.38. The molecule has 3 aromatic carbocycles. The first-order valence-electron chi connectivity index (χ1n) is 9.99. The predicted molar refractivity (Wildman–Crippen MR) is 124 cm³/mol. The summed E-state index contributed by atoms with van der Waals surface area (Å²) in [5, 5.41) is 3.19. The molecule has 0 aromatic heterocycles. The van der Waals surface area contributed by atoms with Crippen LogP contribution in [0, 0.1) is 6.92 Å². The van der Waals surface area contributed by atoms with Crippen LogP contribution in [0.4, 0.5) is 11.4 Å². The molecular formula is C25H22N2O3S. The lowest BCUT2D eigenvalue weighted by Gasteiger charge is -2.16. The Bertz CT molecular complexity index is 1140. The van der Waals surface area contributed by atoms with Crippen molar-refractivity contribution >= 4 is 35.0 Å². The molecule has 0 radical (unpaired) electrons. The molecule has 156 valence electrons. The molecule has 0 saturated carbocycles. The van der Waals surface area contributed by atoms with Crippen LogP contribution < -0.4 is 15.0 Å². The van der Waals surface area contributed by atoms with Crippen molar-refractivity contribution in [3.05, 3.63) is 95.0 Å². The molecule has 0 bridgehead atoms. The van der Waals surface area contributed by atoms with E-state index in [1.807, 2.05) is 68.4 Å². The third kappa shape index (κ3) is 4.49. The first-order valence-corrected chi connectivity index (χ1v) is 10.8. The molecule has 1 heterocycles. The van der Waals surface area contributed by atoms with Crippen LogP contribution in [0.2, 0.25) is 0 Å². The number of hydrogen-bond acceptors (Lipinski definition) is 5. The van der Waals surface area contributed by atoms with E-state index in [1.165, 1.54) is 16.7 Å². The van der Waals surface area contributed by atoms with E-state index >= 15 is 0 Å². The predicted octanol–water partition coefficient (Wildman–Crippen LogP) is 5.38. The van der Waals surface area contributed by atoms with E-state index in [9.17, 15) is 9.59 Å². The van der Waals surface area contributed by atoms with Crippen molar-refractivity contribution in [2.45, 2.75) is 18.7 Å². The molecule has 0 atom stereocenters. The molecule has 0 spiro atoms. The quantitative estimate of drug-likeness (QED) is 0.510. The number of nitrogens with one attached hydrogen (secondary N) is 1. The summed E-state index contributed by atoms with van der Waals surface area (Å²) in [5.41, 5.74) is 2.60. The largest absolute Gasteiger partial charge is 0.494 e. The maximum atomic E-state index is 13.4. The molecule has 1 aliphatic heterocycles. The van der Waals surface area contributed by atoms with Crippen LogP contribution in [-0.4, -0.2) is 18.4 Å². The third-order valence-electron chi connectivity index (χ3n) is 4.70. The molecule has 0 saturated heterocycles. The van der Waals surface area contributed by atoms with Gasteiger partial charge in [-0.25, -0.2) is 4.90 Å². The second-order valence-electron chi connectivity index (χ2n) is 6.99. The lowest BCUT2D eigenvalue weighted by Crippen LogP contribution is -2.32. The van der Waals surface area contributed by atoms with Gasteiger partial charge in [-0.3, -0.25) is 9.59 Å². The fourth-order valence-corrected chi connectivity index (χ4v) is 4.23. The van der Waals surface area contributed by atoms with Crippen molar-refractivity contribution in [1.29, 1.82) is 0 Å². The second kappa shape index (κ2) is 9.10. The molecule has 2 amide bonds. The average molecular weight is 431 g/mol. The van der Waals surface area contributed by atoms with Crippen molar-refractivity contribution in [1.82, 2.24) is 0 Å². The van der Waals surface area contributed by atoms with E-state index in [1.54, 1.807) is 24.3 Å². The van der Waals surface area contributed by atoms with Gasteiger partial charge in [0.25, 0.3) is 11.8 Å². The number of nitrogens with zero attached hydrogens (tertiary/aromatic N) is 1. The number of hydrogen-bond donors (Lipinski definition) is 1. The second-order valence-corrected chi connectivity index (χ2v) is 8.07. The molecule has 1 aliphatic rings. The van der Waals surface area contributed by atoms with Gasteiger partial charge in [0, 0.05) is 10.6 Å². The number of thioether (sulfide) groups is 1.